The van der Waals surface area contributed by atoms with Crippen LogP contribution in [0, 0.1) is 0 Å². The summed E-state index contributed by atoms with van der Waals surface area (Å²) >= 11 is 0. The highest BCUT2D eigenvalue weighted by Gasteiger charge is 2.08. The van der Waals surface area contributed by atoms with Crippen LogP contribution in [0.15, 0.2) is 83.8 Å². The normalized spacial score (nSPS) is 11.1. The van der Waals surface area contributed by atoms with Crippen LogP contribution in [0.1, 0.15) is 21.5 Å². The maximum atomic E-state index is 12.3. The summed E-state index contributed by atoms with van der Waals surface area (Å²) in [6, 6.07) is 23.1. The summed E-state index contributed by atoms with van der Waals surface area (Å²) in [6.45, 7) is 0.899. The summed E-state index contributed by atoms with van der Waals surface area (Å²) in [5, 5.41) is 7.92. The number of carbonyl (C=O) groups is 1. The van der Waals surface area contributed by atoms with E-state index in [1.807, 2.05) is 30.3 Å². The molecule has 0 saturated carbocycles. The molecule has 0 spiro atoms. The molecule has 3 rings (SSSR count). The van der Waals surface area contributed by atoms with Crippen LogP contribution in [0.4, 0.5) is 0 Å². The van der Waals surface area contributed by atoms with Gasteiger partial charge in [-0.25, -0.2) is 13.6 Å². The van der Waals surface area contributed by atoms with Crippen molar-refractivity contribution in [2.45, 2.75) is 17.9 Å². The monoisotopic (exact) mass is 410 g/mol. The molecule has 3 N–H and O–H groups in total. The average Bonchev–Trinajstić information content (AvgIpc) is 2.73. The van der Waals surface area contributed by atoms with E-state index in [-0.39, 0.29) is 10.8 Å². The van der Waals surface area contributed by atoms with Gasteiger partial charge in [0, 0.05) is 12.1 Å². The molecule has 29 heavy (non-hydrogen) atoms. The van der Waals surface area contributed by atoms with Crippen molar-refractivity contribution in [2.24, 2.45) is 5.14 Å². The van der Waals surface area contributed by atoms with Gasteiger partial charge in [-0.15, -0.1) is 0 Å². The summed E-state index contributed by atoms with van der Waals surface area (Å²) in [4.78, 5) is 12.3. The highest BCUT2D eigenvalue weighted by molar-refractivity contribution is 7.89. The number of hydrogen-bond donors (Lipinski definition) is 2. The van der Waals surface area contributed by atoms with Gasteiger partial charge in [0.2, 0.25) is 10.0 Å². The first kappa shape index (κ1) is 20.6. The van der Waals surface area contributed by atoms with Crippen LogP contribution < -0.4 is 15.2 Å². The van der Waals surface area contributed by atoms with Crippen molar-refractivity contribution in [3.63, 3.8) is 0 Å². The molecule has 0 aromatic heterocycles. The molecule has 3 aromatic carbocycles. The van der Waals surface area contributed by atoms with E-state index >= 15 is 0 Å². The molecule has 7 heteroatoms. The standard InChI is InChI=1S/C22H22N2O4S/c23-29(26,27)21-12-6-17(7-13-21)14-15-24-22(25)19-8-10-20(11-9-19)28-16-18-4-2-1-3-5-18/h1-13H,14-16H2,(H,24,25)(H2,23,26,27). The second kappa shape index (κ2) is 9.36. The van der Waals surface area contributed by atoms with E-state index in [1.54, 1.807) is 36.4 Å². The van der Waals surface area contributed by atoms with Gasteiger partial charge in [-0.1, -0.05) is 42.5 Å². The van der Waals surface area contributed by atoms with Gasteiger partial charge in [-0.2, -0.15) is 0 Å². The highest BCUT2D eigenvalue weighted by atomic mass is 32.2. The van der Waals surface area contributed by atoms with E-state index in [0.717, 1.165) is 11.1 Å². The molecule has 1 amide bonds. The van der Waals surface area contributed by atoms with Crippen molar-refractivity contribution >= 4 is 15.9 Å². The third-order valence-corrected chi connectivity index (χ3v) is 5.25. The van der Waals surface area contributed by atoms with Crippen LogP contribution in [0.25, 0.3) is 0 Å². The molecule has 0 heterocycles. The van der Waals surface area contributed by atoms with Crippen LogP contribution in [0.5, 0.6) is 5.75 Å². The van der Waals surface area contributed by atoms with Crippen molar-refractivity contribution in [3.8, 4) is 5.75 Å². The summed E-state index contributed by atoms with van der Waals surface area (Å²) in [6.07, 6.45) is 0.578. The first-order valence-corrected chi connectivity index (χ1v) is 10.6. The van der Waals surface area contributed by atoms with Crippen LogP contribution in [-0.4, -0.2) is 20.9 Å². The Morgan fingerprint density at radius 2 is 1.52 bits per heavy atom. The molecule has 0 aliphatic heterocycles. The predicted molar refractivity (Wildman–Crippen MR) is 111 cm³/mol. The van der Waals surface area contributed by atoms with Gasteiger partial charge >= 0.3 is 0 Å². The lowest BCUT2D eigenvalue weighted by Crippen LogP contribution is -2.25. The fourth-order valence-corrected chi connectivity index (χ4v) is 3.23. The highest BCUT2D eigenvalue weighted by Crippen LogP contribution is 2.14. The number of nitrogens with one attached hydrogen (secondary N) is 1. The van der Waals surface area contributed by atoms with E-state index in [2.05, 4.69) is 5.32 Å². The fraction of sp³-hybridized carbons (Fsp3) is 0.136. The molecule has 0 aliphatic rings. The minimum atomic E-state index is -3.69. The van der Waals surface area contributed by atoms with E-state index in [0.29, 0.717) is 30.9 Å². The average molecular weight is 410 g/mol. The first-order valence-electron chi connectivity index (χ1n) is 9.08. The molecule has 0 atom stereocenters. The number of nitrogens with two attached hydrogens (primary N) is 1. The van der Waals surface area contributed by atoms with Crippen molar-refractivity contribution in [1.82, 2.24) is 5.32 Å². The van der Waals surface area contributed by atoms with Crippen LogP contribution in [0.3, 0.4) is 0 Å². The molecular formula is C22H22N2O4S. The minimum Gasteiger partial charge on any atom is -0.489 e. The van der Waals surface area contributed by atoms with Gasteiger partial charge in [0.15, 0.2) is 0 Å². The largest absolute Gasteiger partial charge is 0.489 e. The van der Waals surface area contributed by atoms with Gasteiger partial charge in [0.25, 0.3) is 5.91 Å². The molecule has 0 radical (unpaired) electrons. The number of carbonyl (C=O) groups excluding carboxylic acids is 1. The molecule has 0 fully saturated rings. The number of sulfonamides is 1. The Hall–Kier alpha value is -3.16. The summed E-state index contributed by atoms with van der Waals surface area (Å²) < 4.78 is 28.2. The topological polar surface area (TPSA) is 98.5 Å². The Bertz CT molecular complexity index is 1050. The van der Waals surface area contributed by atoms with E-state index < -0.39 is 10.0 Å². The molecule has 0 unspecified atom stereocenters. The number of ether oxygens (including phenoxy) is 1. The molecule has 150 valence electrons. The van der Waals surface area contributed by atoms with Gasteiger partial charge < -0.3 is 10.1 Å². The molecule has 3 aromatic rings. The summed E-state index contributed by atoms with van der Waals surface area (Å²) in [5.74, 6) is 0.515. The SMILES string of the molecule is NS(=O)(=O)c1ccc(CCNC(=O)c2ccc(OCc3ccccc3)cc2)cc1. The lowest BCUT2D eigenvalue weighted by Gasteiger charge is -2.08. The van der Waals surface area contributed by atoms with Crippen molar-refractivity contribution < 1.29 is 17.9 Å². The zero-order chi connectivity index (χ0) is 20.7. The van der Waals surface area contributed by atoms with Gasteiger partial charge in [-0.3, -0.25) is 4.79 Å². The quantitative estimate of drug-likeness (QED) is 0.596. The first-order chi connectivity index (χ1) is 13.9. The lowest BCUT2D eigenvalue weighted by molar-refractivity contribution is 0.0954. The Morgan fingerprint density at radius 1 is 0.862 bits per heavy atom. The van der Waals surface area contributed by atoms with Crippen LogP contribution in [0.2, 0.25) is 0 Å². The predicted octanol–water partition coefficient (Wildman–Crippen LogP) is 2.89. The third kappa shape index (κ3) is 6.17. The van der Waals surface area contributed by atoms with Gasteiger partial charge in [0.1, 0.15) is 12.4 Å². The Kier molecular flexibility index (Phi) is 6.64. The second-order valence-electron chi connectivity index (χ2n) is 6.49. The molecule has 0 bridgehead atoms. The van der Waals surface area contributed by atoms with Crippen molar-refractivity contribution in [3.05, 3.63) is 95.6 Å². The maximum Gasteiger partial charge on any atom is 0.251 e. The maximum absolute atomic E-state index is 12.3. The number of primary sulfonamides is 1. The fourth-order valence-electron chi connectivity index (χ4n) is 2.71. The van der Waals surface area contributed by atoms with E-state index in [9.17, 15) is 13.2 Å². The molecule has 0 saturated heterocycles. The van der Waals surface area contributed by atoms with E-state index in [4.69, 9.17) is 9.88 Å². The van der Waals surface area contributed by atoms with Crippen LogP contribution in [-0.2, 0) is 23.1 Å². The summed E-state index contributed by atoms with van der Waals surface area (Å²) in [7, 11) is -3.69. The summed E-state index contributed by atoms with van der Waals surface area (Å²) in [5.41, 5.74) is 2.52. The minimum absolute atomic E-state index is 0.0693. The Balaban J connectivity index is 1.47. The molecular weight excluding hydrogens is 388 g/mol. The Labute approximate surface area is 170 Å². The number of benzene rings is 3. The van der Waals surface area contributed by atoms with Crippen LogP contribution >= 0.6 is 0 Å². The zero-order valence-electron chi connectivity index (χ0n) is 15.7. The molecule has 0 aliphatic carbocycles. The van der Waals surface area contributed by atoms with Crippen molar-refractivity contribution in [2.75, 3.05) is 6.54 Å². The lowest BCUT2D eigenvalue weighted by atomic mass is 10.1. The van der Waals surface area contributed by atoms with E-state index in [1.165, 1.54) is 12.1 Å². The number of amides is 1. The van der Waals surface area contributed by atoms with Crippen molar-refractivity contribution in [1.29, 1.82) is 0 Å². The number of rotatable bonds is 8. The van der Waals surface area contributed by atoms with Gasteiger partial charge in [0.05, 0.1) is 4.90 Å². The Morgan fingerprint density at radius 3 is 2.14 bits per heavy atom. The smallest absolute Gasteiger partial charge is 0.251 e. The number of hydrogen-bond acceptors (Lipinski definition) is 4. The second-order valence-corrected chi connectivity index (χ2v) is 8.05. The molecule has 6 nitrogen and oxygen atoms in total. The third-order valence-electron chi connectivity index (χ3n) is 4.32. The zero-order valence-corrected chi connectivity index (χ0v) is 16.6. The van der Waals surface area contributed by atoms with Gasteiger partial charge in [-0.05, 0) is 53.9 Å².